The number of benzene rings is 4. The average Bonchev–Trinajstić information content (AvgIpc) is 3.55. The van der Waals surface area contributed by atoms with E-state index < -0.39 is 36.7 Å². The maximum atomic E-state index is 12.6. The first-order valence-corrected chi connectivity index (χ1v) is 17.0. The van der Waals surface area contributed by atoms with Gasteiger partial charge >= 0.3 is 5.97 Å². The number of hydrogen-bond acceptors (Lipinski definition) is 7. The summed E-state index contributed by atoms with van der Waals surface area (Å²) in [6, 6.07) is 38.0. The highest BCUT2D eigenvalue weighted by Gasteiger charge is 2.50. The van der Waals surface area contributed by atoms with E-state index in [2.05, 4.69) is 16.7 Å². The van der Waals surface area contributed by atoms with E-state index in [4.69, 9.17) is 28.4 Å². The van der Waals surface area contributed by atoms with Gasteiger partial charge in [0.05, 0.1) is 40.1 Å². The molecule has 4 aromatic carbocycles. The fourth-order valence-corrected chi connectivity index (χ4v) is 5.98. The van der Waals surface area contributed by atoms with Gasteiger partial charge in [0.2, 0.25) is 6.33 Å². The molecule has 260 valence electrons. The van der Waals surface area contributed by atoms with Gasteiger partial charge in [-0.3, -0.25) is 4.79 Å². The summed E-state index contributed by atoms with van der Waals surface area (Å²) in [6.07, 6.45) is 2.28. The molecule has 1 fully saturated rings. The van der Waals surface area contributed by atoms with E-state index in [1.165, 1.54) is 12.5 Å². The number of aryl methyl sites for hydroxylation is 1. The van der Waals surface area contributed by atoms with Crippen molar-refractivity contribution in [1.29, 1.82) is 0 Å². The molecule has 0 bridgehead atoms. The highest BCUT2D eigenvalue weighted by Crippen LogP contribution is 2.31. The van der Waals surface area contributed by atoms with Gasteiger partial charge in [0.1, 0.15) is 37.3 Å². The van der Waals surface area contributed by atoms with Crippen molar-refractivity contribution in [3.8, 4) is 0 Å². The number of ether oxygens (including phenoxy) is 6. The molecule has 9 nitrogen and oxygen atoms in total. The van der Waals surface area contributed by atoms with E-state index in [0.29, 0.717) is 13.2 Å². The molecule has 0 aliphatic carbocycles. The quantitative estimate of drug-likeness (QED) is 0.0948. The predicted octanol–water partition coefficient (Wildman–Crippen LogP) is 5.92. The van der Waals surface area contributed by atoms with Crippen LogP contribution in [0.1, 0.15) is 34.7 Å². The Labute approximate surface area is 293 Å². The SMILES string of the molecule is CC(=O)O[C@@H]1[C@@H](OCc2ccc(Cn3cc[n+](C)c3)cc2)O[C@H](COCc2ccccc2)[C@@H](OCc2ccccc2)[C@@H]1OCc1ccccc1. The molecule has 0 spiro atoms. The van der Waals surface area contributed by atoms with Crippen LogP contribution in [-0.2, 0) is 73.2 Å². The van der Waals surface area contributed by atoms with Gasteiger partial charge in [-0.05, 0) is 27.8 Å². The Bertz CT molecular complexity index is 1730. The highest BCUT2D eigenvalue weighted by atomic mass is 16.7. The number of esters is 1. The summed E-state index contributed by atoms with van der Waals surface area (Å²) < 4.78 is 42.5. The number of imidazole rings is 1. The summed E-state index contributed by atoms with van der Waals surface area (Å²) >= 11 is 0. The number of carbonyl (C=O) groups excluding carboxylic acids is 1. The first-order chi connectivity index (χ1) is 24.5. The lowest BCUT2D eigenvalue weighted by molar-refractivity contribution is -0.671. The maximum absolute atomic E-state index is 12.6. The van der Waals surface area contributed by atoms with Crippen molar-refractivity contribution >= 4 is 5.97 Å². The molecule has 0 N–H and O–H groups in total. The van der Waals surface area contributed by atoms with Gasteiger partial charge in [-0.15, -0.1) is 0 Å². The Morgan fingerprint density at radius 3 is 1.74 bits per heavy atom. The van der Waals surface area contributed by atoms with Crippen LogP contribution in [0.25, 0.3) is 0 Å². The largest absolute Gasteiger partial charge is 0.454 e. The molecule has 0 saturated carbocycles. The summed E-state index contributed by atoms with van der Waals surface area (Å²) in [5.41, 5.74) is 5.14. The van der Waals surface area contributed by atoms with Crippen LogP contribution >= 0.6 is 0 Å². The van der Waals surface area contributed by atoms with Gasteiger partial charge in [-0.2, -0.15) is 0 Å². The second-order valence-corrected chi connectivity index (χ2v) is 12.5. The van der Waals surface area contributed by atoms with Crippen LogP contribution < -0.4 is 4.57 Å². The Morgan fingerprint density at radius 1 is 0.660 bits per heavy atom. The molecule has 0 unspecified atom stereocenters. The molecule has 1 aliphatic rings. The second-order valence-electron chi connectivity index (χ2n) is 12.5. The van der Waals surface area contributed by atoms with E-state index in [0.717, 1.165) is 28.8 Å². The van der Waals surface area contributed by atoms with Gasteiger partial charge in [0.15, 0.2) is 12.4 Å². The fourth-order valence-electron chi connectivity index (χ4n) is 5.98. The molecule has 0 radical (unpaired) electrons. The molecule has 1 aromatic heterocycles. The third kappa shape index (κ3) is 10.2. The summed E-state index contributed by atoms with van der Waals surface area (Å²) in [5, 5.41) is 0. The summed E-state index contributed by atoms with van der Waals surface area (Å²) in [4.78, 5) is 12.6. The van der Waals surface area contributed by atoms with Crippen molar-refractivity contribution in [3.63, 3.8) is 0 Å². The minimum atomic E-state index is -0.943. The zero-order valence-electron chi connectivity index (χ0n) is 28.6. The number of hydrogen-bond donors (Lipinski definition) is 0. The minimum absolute atomic E-state index is 0.206. The normalized spacial score (nSPS) is 20.4. The van der Waals surface area contributed by atoms with E-state index in [1.54, 1.807) is 0 Å². The summed E-state index contributed by atoms with van der Waals surface area (Å²) in [7, 11) is 2.00. The molecule has 50 heavy (non-hydrogen) atoms. The van der Waals surface area contributed by atoms with Gasteiger partial charge in [0, 0.05) is 6.92 Å². The van der Waals surface area contributed by atoms with Crippen LogP contribution in [-0.4, -0.2) is 47.8 Å². The Morgan fingerprint density at radius 2 is 1.18 bits per heavy atom. The van der Waals surface area contributed by atoms with Crippen molar-refractivity contribution in [2.24, 2.45) is 7.05 Å². The lowest BCUT2D eigenvalue weighted by Gasteiger charge is -2.45. The molecule has 6 rings (SSSR count). The third-order valence-corrected chi connectivity index (χ3v) is 8.48. The van der Waals surface area contributed by atoms with Crippen LogP contribution in [0.5, 0.6) is 0 Å². The average molecular weight is 678 g/mol. The smallest absolute Gasteiger partial charge is 0.303 e. The monoisotopic (exact) mass is 677 g/mol. The maximum Gasteiger partial charge on any atom is 0.303 e. The molecule has 1 saturated heterocycles. The van der Waals surface area contributed by atoms with Gasteiger partial charge < -0.3 is 28.4 Å². The highest BCUT2D eigenvalue weighted by molar-refractivity contribution is 5.66. The van der Waals surface area contributed by atoms with Crippen LogP contribution in [0, 0.1) is 0 Å². The number of carbonyl (C=O) groups is 1. The topological polar surface area (TPSA) is 81.3 Å². The third-order valence-electron chi connectivity index (χ3n) is 8.48. The van der Waals surface area contributed by atoms with Crippen molar-refractivity contribution in [2.75, 3.05) is 6.61 Å². The van der Waals surface area contributed by atoms with E-state index in [1.807, 2.05) is 133 Å². The number of nitrogens with zero attached hydrogens (tertiary/aromatic N) is 2. The lowest BCUT2D eigenvalue weighted by atomic mass is 9.97. The van der Waals surface area contributed by atoms with Crippen LogP contribution in [0.4, 0.5) is 0 Å². The van der Waals surface area contributed by atoms with E-state index in [9.17, 15) is 4.79 Å². The van der Waals surface area contributed by atoms with Gasteiger partial charge in [-0.1, -0.05) is 115 Å². The van der Waals surface area contributed by atoms with Crippen molar-refractivity contribution in [3.05, 3.63) is 162 Å². The fraction of sp³-hybridized carbons (Fsp3) is 0.317. The predicted molar refractivity (Wildman–Crippen MR) is 186 cm³/mol. The Kier molecular flexibility index (Phi) is 12.6. The van der Waals surface area contributed by atoms with Gasteiger partial charge in [0.25, 0.3) is 0 Å². The first-order valence-electron chi connectivity index (χ1n) is 17.0. The summed E-state index contributed by atoms with van der Waals surface area (Å²) in [5.74, 6) is -0.469. The first kappa shape index (κ1) is 35.2. The van der Waals surface area contributed by atoms with E-state index >= 15 is 0 Å². The van der Waals surface area contributed by atoms with Crippen molar-refractivity contribution in [2.45, 2.75) is 70.6 Å². The Balaban J connectivity index is 1.23. The number of rotatable bonds is 16. The number of aromatic nitrogens is 2. The zero-order chi connectivity index (χ0) is 34.5. The van der Waals surface area contributed by atoms with Crippen molar-refractivity contribution < 1.29 is 37.8 Å². The molecule has 9 heteroatoms. The van der Waals surface area contributed by atoms with Crippen LogP contribution in [0.2, 0.25) is 0 Å². The molecule has 0 amide bonds. The molecule has 1 aliphatic heterocycles. The molecular weight excluding hydrogens is 632 g/mol. The van der Waals surface area contributed by atoms with Crippen molar-refractivity contribution in [1.82, 2.24) is 4.57 Å². The molecular formula is C41H45N2O7+. The standard InChI is InChI=1S/C41H45N2O7/c1-31(44)49-40-39(47-27-35-16-10-5-11-17-35)38(46-26-34-14-8-4-9-15-34)37(29-45-25-33-12-6-3-7-13-33)50-41(40)48-28-36-20-18-32(19-21-36)24-43-23-22-42(2)30-43/h3-23,30,37-41H,24-29H2,1-2H3/q+1/t37-,38-,39+,40+,41+/m1/s1. The molecule has 5 aromatic rings. The van der Waals surface area contributed by atoms with Crippen LogP contribution in [0.15, 0.2) is 134 Å². The van der Waals surface area contributed by atoms with Gasteiger partial charge in [-0.25, -0.2) is 9.13 Å². The summed E-state index contributed by atoms with van der Waals surface area (Å²) in [6.45, 7) is 3.56. The lowest BCUT2D eigenvalue weighted by Crippen LogP contribution is -2.62. The molecule has 2 heterocycles. The Hall–Kier alpha value is -4.64. The minimum Gasteiger partial charge on any atom is -0.454 e. The molecule has 5 atom stereocenters. The van der Waals surface area contributed by atoms with Crippen LogP contribution in [0.3, 0.4) is 0 Å². The second kappa shape index (κ2) is 17.8. The zero-order valence-corrected chi connectivity index (χ0v) is 28.6. The van der Waals surface area contributed by atoms with E-state index in [-0.39, 0.29) is 19.8 Å².